The number of carbonyl (C=O) groups excluding carboxylic acids is 1. The molecule has 0 aliphatic heterocycles. The van der Waals surface area contributed by atoms with Gasteiger partial charge in [0.05, 0.1) is 18.8 Å². The molecule has 1 heterocycles. The molecule has 0 unspecified atom stereocenters. The zero-order valence-corrected chi connectivity index (χ0v) is 13.1. The van der Waals surface area contributed by atoms with Crippen LogP contribution in [0.3, 0.4) is 0 Å². The zero-order chi connectivity index (χ0) is 15.9. The summed E-state index contributed by atoms with van der Waals surface area (Å²) in [7, 11) is 0. The zero-order valence-electron chi connectivity index (χ0n) is 13.1. The Bertz CT molecular complexity index is 655. The topological polar surface area (TPSA) is 64.4 Å². The predicted molar refractivity (Wildman–Crippen MR) is 84.5 cm³/mol. The molecule has 5 heteroatoms. The monoisotopic (exact) mass is 300 g/mol. The van der Waals surface area contributed by atoms with E-state index in [0.717, 1.165) is 22.8 Å². The third-order valence-corrected chi connectivity index (χ3v) is 3.12. The highest BCUT2D eigenvalue weighted by molar-refractivity contribution is 5.92. The third kappa shape index (κ3) is 4.22. The molecule has 0 bridgehead atoms. The van der Waals surface area contributed by atoms with Gasteiger partial charge in [-0.3, -0.25) is 4.79 Å². The minimum absolute atomic E-state index is 0.209. The minimum atomic E-state index is -0.209. The molecule has 0 fully saturated rings. The van der Waals surface area contributed by atoms with Gasteiger partial charge >= 0.3 is 0 Å². The van der Waals surface area contributed by atoms with E-state index in [1.807, 2.05) is 45.0 Å². The van der Waals surface area contributed by atoms with Gasteiger partial charge in [0.25, 0.3) is 0 Å². The molecule has 22 heavy (non-hydrogen) atoms. The molecule has 116 valence electrons. The maximum atomic E-state index is 11.8. The van der Waals surface area contributed by atoms with Crippen LogP contribution in [0.4, 0.5) is 0 Å². The molecule has 0 atom stereocenters. The van der Waals surface area contributed by atoms with Crippen molar-refractivity contribution in [2.75, 3.05) is 6.61 Å². The van der Waals surface area contributed by atoms with Gasteiger partial charge in [-0.25, -0.2) is 4.98 Å². The van der Waals surface area contributed by atoms with Crippen LogP contribution in [0.15, 0.2) is 34.8 Å². The molecule has 1 N–H and O–H groups in total. The standard InChI is InChI=1S/C17H20N2O3/c1-4-21-15-8-6-5-7-14(15)9-10-16(20)18-11-17-19-12(2)13(3)22-17/h5-10H,4,11H2,1-3H3,(H,18,20)/b10-9+. The van der Waals surface area contributed by atoms with Crippen molar-refractivity contribution < 1.29 is 13.9 Å². The van der Waals surface area contributed by atoms with E-state index >= 15 is 0 Å². The largest absolute Gasteiger partial charge is 0.493 e. The highest BCUT2D eigenvalue weighted by Crippen LogP contribution is 2.19. The molecule has 5 nitrogen and oxygen atoms in total. The van der Waals surface area contributed by atoms with Gasteiger partial charge in [0.2, 0.25) is 11.8 Å². The molecular formula is C17H20N2O3. The highest BCUT2D eigenvalue weighted by atomic mass is 16.5. The first-order valence-corrected chi connectivity index (χ1v) is 7.20. The second-order valence-corrected chi connectivity index (χ2v) is 4.77. The number of nitrogens with zero attached hydrogens (tertiary/aromatic N) is 1. The molecule has 0 saturated carbocycles. The van der Waals surface area contributed by atoms with Gasteiger partial charge in [-0.2, -0.15) is 0 Å². The van der Waals surface area contributed by atoms with Gasteiger partial charge in [0.1, 0.15) is 11.5 Å². The average molecular weight is 300 g/mol. The number of aromatic nitrogens is 1. The van der Waals surface area contributed by atoms with E-state index < -0.39 is 0 Å². The van der Waals surface area contributed by atoms with Crippen LogP contribution in [0.25, 0.3) is 6.08 Å². The van der Waals surface area contributed by atoms with E-state index in [1.54, 1.807) is 6.08 Å². The number of rotatable bonds is 6. The maximum Gasteiger partial charge on any atom is 0.244 e. The van der Waals surface area contributed by atoms with Crippen LogP contribution in [-0.2, 0) is 11.3 Å². The lowest BCUT2D eigenvalue weighted by molar-refractivity contribution is -0.116. The van der Waals surface area contributed by atoms with Crippen molar-refractivity contribution in [3.8, 4) is 5.75 Å². The Labute approximate surface area is 130 Å². The molecule has 0 radical (unpaired) electrons. The van der Waals surface area contributed by atoms with Crippen LogP contribution in [0.2, 0.25) is 0 Å². The van der Waals surface area contributed by atoms with Crippen LogP contribution < -0.4 is 10.1 Å². The molecule has 2 rings (SSSR count). The van der Waals surface area contributed by atoms with E-state index in [-0.39, 0.29) is 12.5 Å². The van der Waals surface area contributed by atoms with Crippen LogP contribution in [-0.4, -0.2) is 17.5 Å². The Kier molecular flexibility index (Phi) is 5.36. The highest BCUT2D eigenvalue weighted by Gasteiger charge is 2.06. The van der Waals surface area contributed by atoms with E-state index in [9.17, 15) is 4.79 Å². The van der Waals surface area contributed by atoms with Crippen molar-refractivity contribution in [2.24, 2.45) is 0 Å². The predicted octanol–water partition coefficient (Wildman–Crippen LogP) is 3.02. The number of ether oxygens (including phenoxy) is 1. The van der Waals surface area contributed by atoms with Crippen LogP contribution in [0, 0.1) is 13.8 Å². The van der Waals surface area contributed by atoms with E-state index in [2.05, 4.69) is 10.3 Å². The Balaban J connectivity index is 1.94. The Hall–Kier alpha value is -2.56. The molecule has 1 aromatic heterocycles. The van der Waals surface area contributed by atoms with Crippen molar-refractivity contribution >= 4 is 12.0 Å². The summed E-state index contributed by atoms with van der Waals surface area (Å²) in [5.74, 6) is 1.82. The second-order valence-electron chi connectivity index (χ2n) is 4.77. The quantitative estimate of drug-likeness (QED) is 0.833. The molecule has 0 aliphatic rings. The van der Waals surface area contributed by atoms with Crippen molar-refractivity contribution in [2.45, 2.75) is 27.3 Å². The Morgan fingerprint density at radius 1 is 1.36 bits per heavy atom. The fraction of sp³-hybridized carbons (Fsp3) is 0.294. The summed E-state index contributed by atoms with van der Waals surface area (Å²) in [5.41, 5.74) is 1.70. The summed E-state index contributed by atoms with van der Waals surface area (Å²) in [6.45, 7) is 6.49. The molecule has 1 aromatic carbocycles. The van der Waals surface area contributed by atoms with Crippen molar-refractivity contribution in [1.29, 1.82) is 0 Å². The van der Waals surface area contributed by atoms with Gasteiger partial charge in [-0.1, -0.05) is 18.2 Å². The molecule has 1 amide bonds. The number of benzene rings is 1. The lowest BCUT2D eigenvalue weighted by Crippen LogP contribution is -2.20. The number of para-hydroxylation sites is 1. The van der Waals surface area contributed by atoms with E-state index in [0.29, 0.717) is 12.5 Å². The molecule has 0 spiro atoms. The average Bonchev–Trinajstić information content (AvgIpc) is 2.83. The smallest absolute Gasteiger partial charge is 0.244 e. The summed E-state index contributed by atoms with van der Waals surface area (Å²) >= 11 is 0. The Morgan fingerprint density at radius 3 is 2.82 bits per heavy atom. The number of carbonyl (C=O) groups is 1. The third-order valence-electron chi connectivity index (χ3n) is 3.12. The molecule has 0 aliphatic carbocycles. The van der Waals surface area contributed by atoms with Crippen LogP contribution in [0.1, 0.15) is 29.8 Å². The normalized spacial score (nSPS) is 10.9. The van der Waals surface area contributed by atoms with Crippen molar-refractivity contribution in [1.82, 2.24) is 10.3 Å². The molecule has 2 aromatic rings. The van der Waals surface area contributed by atoms with Crippen LogP contribution >= 0.6 is 0 Å². The number of hydrogen-bond donors (Lipinski definition) is 1. The fourth-order valence-electron chi connectivity index (χ4n) is 1.91. The van der Waals surface area contributed by atoms with E-state index in [1.165, 1.54) is 6.08 Å². The van der Waals surface area contributed by atoms with Gasteiger partial charge in [0, 0.05) is 11.6 Å². The van der Waals surface area contributed by atoms with Gasteiger partial charge < -0.3 is 14.5 Å². The van der Waals surface area contributed by atoms with Gasteiger partial charge in [-0.05, 0) is 32.9 Å². The van der Waals surface area contributed by atoms with Crippen molar-refractivity contribution in [3.63, 3.8) is 0 Å². The maximum absolute atomic E-state index is 11.8. The second kappa shape index (κ2) is 7.45. The lowest BCUT2D eigenvalue weighted by atomic mass is 10.2. The summed E-state index contributed by atoms with van der Waals surface area (Å²) in [5, 5.41) is 2.74. The number of amides is 1. The summed E-state index contributed by atoms with van der Waals surface area (Å²) < 4.78 is 10.9. The first kappa shape index (κ1) is 15.8. The molecule has 0 saturated heterocycles. The molecular weight excluding hydrogens is 280 g/mol. The Morgan fingerprint density at radius 2 is 2.14 bits per heavy atom. The number of nitrogens with one attached hydrogen (secondary N) is 1. The first-order chi connectivity index (χ1) is 10.6. The summed E-state index contributed by atoms with van der Waals surface area (Å²) in [6, 6.07) is 7.57. The first-order valence-electron chi connectivity index (χ1n) is 7.20. The minimum Gasteiger partial charge on any atom is -0.493 e. The SMILES string of the molecule is CCOc1ccccc1/C=C/C(=O)NCc1nc(C)c(C)o1. The number of oxazole rings is 1. The lowest BCUT2D eigenvalue weighted by Gasteiger charge is -2.06. The number of aryl methyl sites for hydroxylation is 2. The number of hydrogen-bond acceptors (Lipinski definition) is 4. The van der Waals surface area contributed by atoms with Crippen LogP contribution in [0.5, 0.6) is 5.75 Å². The van der Waals surface area contributed by atoms with Crippen molar-refractivity contribution in [3.05, 3.63) is 53.2 Å². The fourth-order valence-corrected chi connectivity index (χ4v) is 1.91. The summed E-state index contributed by atoms with van der Waals surface area (Å²) in [6.07, 6.45) is 3.20. The van der Waals surface area contributed by atoms with Gasteiger partial charge in [-0.15, -0.1) is 0 Å². The van der Waals surface area contributed by atoms with Gasteiger partial charge in [0.15, 0.2) is 0 Å². The summed E-state index contributed by atoms with van der Waals surface area (Å²) in [4.78, 5) is 16.1. The van der Waals surface area contributed by atoms with E-state index in [4.69, 9.17) is 9.15 Å².